The monoisotopic (exact) mass is 349 g/mol. The first-order valence-electron chi connectivity index (χ1n) is 8.56. The van der Waals surface area contributed by atoms with Gasteiger partial charge < -0.3 is 9.64 Å². The van der Waals surface area contributed by atoms with Crippen LogP contribution in [0.1, 0.15) is 27.2 Å². The molecular weight excluding hydrogens is 324 g/mol. The van der Waals surface area contributed by atoms with Crippen molar-refractivity contribution >= 4 is 29.9 Å². The molecule has 25 heavy (non-hydrogen) atoms. The number of hydrogen-bond acceptors (Lipinski definition) is 5. The molecule has 0 aromatic rings. The zero-order valence-electron chi connectivity index (χ0n) is 15.2. The third kappa shape index (κ3) is 3.62. The van der Waals surface area contributed by atoms with Crippen molar-refractivity contribution in [1.29, 1.82) is 0 Å². The van der Waals surface area contributed by atoms with Crippen LogP contribution in [-0.2, 0) is 14.3 Å². The summed E-state index contributed by atoms with van der Waals surface area (Å²) >= 11 is 0. The molecule has 1 atom stereocenters. The summed E-state index contributed by atoms with van der Waals surface area (Å²) in [4.78, 5) is 44.6. The Labute approximate surface area is 147 Å². The molecular formula is C17H25N4O4+. The number of rotatable bonds is 7. The van der Waals surface area contributed by atoms with Crippen molar-refractivity contribution in [1.82, 2.24) is 9.80 Å². The number of nitrogens with zero attached hydrogens (tertiary/aromatic N) is 4. The first-order chi connectivity index (χ1) is 12.0. The molecule has 0 fully saturated rings. The Kier molecular flexibility index (Phi) is 6.06. The maximum absolute atomic E-state index is 12.9. The quantitative estimate of drug-likeness (QED) is 0.639. The van der Waals surface area contributed by atoms with Gasteiger partial charge in [-0.05, 0) is 20.3 Å². The fourth-order valence-corrected chi connectivity index (χ4v) is 2.84. The number of ether oxygens (including phenoxy) is 1. The Bertz CT molecular complexity index is 662. The smallest absolute Gasteiger partial charge is 0.446 e. The van der Waals surface area contributed by atoms with Gasteiger partial charge in [-0.25, -0.2) is 4.79 Å². The van der Waals surface area contributed by atoms with Crippen molar-refractivity contribution in [2.75, 3.05) is 33.3 Å². The van der Waals surface area contributed by atoms with Gasteiger partial charge in [-0.2, -0.15) is 9.48 Å². The largest absolute Gasteiger partial charge is 0.496 e. The van der Waals surface area contributed by atoms with E-state index in [4.69, 9.17) is 4.74 Å². The van der Waals surface area contributed by atoms with E-state index in [1.165, 1.54) is 10.8 Å². The molecule has 0 aromatic heterocycles. The second kappa shape index (κ2) is 8.04. The second-order valence-corrected chi connectivity index (χ2v) is 5.82. The highest BCUT2D eigenvalue weighted by molar-refractivity contribution is 6.16. The van der Waals surface area contributed by atoms with Gasteiger partial charge in [0.25, 0.3) is 11.7 Å². The van der Waals surface area contributed by atoms with Crippen LogP contribution in [0.25, 0.3) is 0 Å². The maximum atomic E-state index is 12.9. The summed E-state index contributed by atoms with van der Waals surface area (Å²) in [7, 11) is 1.55. The molecule has 0 aliphatic carbocycles. The SMILES string of the molecule is CCCOC1=CC=NC2=[N+](C)C(=O)N(CC(=O)N(CC)CC)C(=O)C12. The molecule has 0 saturated heterocycles. The van der Waals surface area contributed by atoms with Crippen LogP contribution in [0.4, 0.5) is 4.79 Å². The molecule has 8 nitrogen and oxygen atoms in total. The first-order valence-corrected chi connectivity index (χ1v) is 8.56. The van der Waals surface area contributed by atoms with Gasteiger partial charge in [-0.3, -0.25) is 9.59 Å². The molecule has 1 unspecified atom stereocenters. The van der Waals surface area contributed by atoms with E-state index in [0.717, 1.165) is 11.3 Å². The van der Waals surface area contributed by atoms with Crippen LogP contribution < -0.4 is 0 Å². The third-order valence-electron chi connectivity index (χ3n) is 4.25. The number of imide groups is 1. The number of hydrogen-bond donors (Lipinski definition) is 0. The van der Waals surface area contributed by atoms with Crippen LogP contribution in [-0.4, -0.2) is 77.6 Å². The molecule has 2 aliphatic rings. The summed E-state index contributed by atoms with van der Waals surface area (Å²) in [5, 5.41) is 0. The average molecular weight is 349 g/mol. The Balaban J connectivity index is 2.31. The van der Waals surface area contributed by atoms with Crippen molar-refractivity contribution in [3.8, 4) is 0 Å². The van der Waals surface area contributed by atoms with Gasteiger partial charge >= 0.3 is 11.9 Å². The van der Waals surface area contributed by atoms with Crippen LogP contribution in [0.5, 0.6) is 0 Å². The second-order valence-electron chi connectivity index (χ2n) is 5.82. The zero-order valence-corrected chi connectivity index (χ0v) is 15.2. The van der Waals surface area contributed by atoms with Crippen molar-refractivity contribution < 1.29 is 23.7 Å². The summed E-state index contributed by atoms with van der Waals surface area (Å²) in [5.41, 5.74) is 0. The summed E-state index contributed by atoms with van der Waals surface area (Å²) in [5.74, 6) is -0.740. The lowest BCUT2D eigenvalue weighted by Crippen LogP contribution is -2.57. The van der Waals surface area contributed by atoms with Gasteiger partial charge in [0.15, 0.2) is 12.5 Å². The Morgan fingerprint density at radius 1 is 1.32 bits per heavy atom. The van der Waals surface area contributed by atoms with Crippen molar-refractivity contribution in [2.24, 2.45) is 10.9 Å². The van der Waals surface area contributed by atoms with Gasteiger partial charge in [0.1, 0.15) is 12.0 Å². The lowest BCUT2D eigenvalue weighted by molar-refractivity contribution is -0.408. The molecule has 0 spiro atoms. The van der Waals surface area contributed by atoms with Gasteiger partial charge in [-0.15, -0.1) is 4.99 Å². The van der Waals surface area contributed by atoms with Gasteiger partial charge in [0, 0.05) is 19.2 Å². The van der Waals surface area contributed by atoms with E-state index in [0.29, 0.717) is 31.3 Å². The highest BCUT2D eigenvalue weighted by atomic mass is 16.5. The number of dihydropyridines is 1. The zero-order chi connectivity index (χ0) is 18.6. The van der Waals surface area contributed by atoms with Crippen LogP contribution in [0.3, 0.4) is 0 Å². The van der Waals surface area contributed by atoms with Crippen LogP contribution in [0, 0.1) is 5.92 Å². The molecule has 2 aliphatic heterocycles. The number of urea groups is 1. The number of carbonyl (C=O) groups excluding carboxylic acids is 3. The third-order valence-corrected chi connectivity index (χ3v) is 4.25. The minimum atomic E-state index is -0.788. The molecule has 0 bridgehead atoms. The molecule has 0 aromatic carbocycles. The number of amides is 4. The lowest BCUT2D eigenvalue weighted by Gasteiger charge is -2.29. The predicted molar refractivity (Wildman–Crippen MR) is 92.5 cm³/mol. The summed E-state index contributed by atoms with van der Waals surface area (Å²) in [6, 6.07) is -0.550. The number of fused-ring (bicyclic) bond motifs is 1. The first kappa shape index (κ1) is 18.8. The number of aliphatic imine (C=N–C) groups is 1. The van der Waals surface area contributed by atoms with E-state index in [9.17, 15) is 14.4 Å². The molecule has 8 heteroatoms. The Hall–Kier alpha value is -2.51. The minimum absolute atomic E-state index is 0.261. The summed E-state index contributed by atoms with van der Waals surface area (Å²) in [6.45, 7) is 6.91. The Morgan fingerprint density at radius 2 is 2.00 bits per heavy atom. The number of likely N-dealkylation sites (N-methyl/N-ethyl adjacent to an activating group) is 1. The van der Waals surface area contributed by atoms with Crippen LogP contribution in [0.15, 0.2) is 16.8 Å². The fourth-order valence-electron chi connectivity index (χ4n) is 2.84. The van der Waals surface area contributed by atoms with E-state index in [1.807, 2.05) is 20.8 Å². The van der Waals surface area contributed by atoms with Gasteiger partial charge in [0.05, 0.1) is 13.7 Å². The topological polar surface area (TPSA) is 82.3 Å². The summed E-state index contributed by atoms with van der Waals surface area (Å²) in [6.07, 6.45) is 3.95. The van der Waals surface area contributed by atoms with Crippen molar-refractivity contribution in [2.45, 2.75) is 27.2 Å². The molecule has 0 N–H and O–H groups in total. The minimum Gasteiger partial charge on any atom is -0.496 e. The van der Waals surface area contributed by atoms with E-state index >= 15 is 0 Å². The normalized spacial score (nSPS) is 19.8. The lowest BCUT2D eigenvalue weighted by atomic mass is 9.99. The highest BCUT2D eigenvalue weighted by Crippen LogP contribution is 2.25. The van der Waals surface area contributed by atoms with Crippen molar-refractivity contribution in [3.05, 3.63) is 11.8 Å². The number of allylic oxidation sites excluding steroid dienone is 1. The van der Waals surface area contributed by atoms with Gasteiger partial charge in [-0.1, -0.05) is 6.92 Å². The van der Waals surface area contributed by atoms with Crippen LogP contribution in [0.2, 0.25) is 0 Å². The molecule has 2 heterocycles. The summed E-state index contributed by atoms with van der Waals surface area (Å²) < 4.78 is 6.97. The molecule has 4 amide bonds. The standard InChI is InChI=1S/C17H25N4O4/c1-5-10-25-12-8-9-18-15-14(12)16(23)21(17(24)19(15)4)11-13(22)20(6-2)7-3/h8-9,14H,5-7,10-11H2,1-4H3/q+1. The molecule has 0 saturated carbocycles. The van der Waals surface area contributed by atoms with E-state index in [-0.39, 0.29) is 12.5 Å². The predicted octanol–water partition coefficient (Wildman–Crippen LogP) is 0.869. The number of carbonyl (C=O) groups is 3. The average Bonchev–Trinajstić information content (AvgIpc) is 2.62. The van der Waals surface area contributed by atoms with E-state index in [1.54, 1.807) is 18.0 Å². The van der Waals surface area contributed by atoms with Crippen LogP contribution >= 0.6 is 0 Å². The number of amidine groups is 1. The maximum Gasteiger partial charge on any atom is 0.446 e. The van der Waals surface area contributed by atoms with E-state index < -0.39 is 17.9 Å². The molecule has 2 rings (SSSR count). The highest BCUT2D eigenvalue weighted by Gasteiger charge is 2.50. The van der Waals surface area contributed by atoms with Crippen molar-refractivity contribution in [3.63, 3.8) is 0 Å². The van der Waals surface area contributed by atoms with Gasteiger partial charge in [0.2, 0.25) is 0 Å². The molecule has 136 valence electrons. The van der Waals surface area contributed by atoms with E-state index in [2.05, 4.69) is 4.99 Å². The fraction of sp³-hybridized carbons (Fsp3) is 0.588. The Morgan fingerprint density at radius 3 is 2.60 bits per heavy atom. The molecule has 0 radical (unpaired) electrons.